The van der Waals surface area contributed by atoms with Gasteiger partial charge in [0.2, 0.25) is 0 Å². The van der Waals surface area contributed by atoms with E-state index in [-0.39, 0.29) is 31.1 Å². The molecular formula is C77H124O6. The van der Waals surface area contributed by atoms with E-state index in [1.54, 1.807) is 0 Å². The number of rotatable bonds is 60. The summed E-state index contributed by atoms with van der Waals surface area (Å²) in [4.78, 5) is 38.4. The Bertz CT molecular complexity index is 1840. The van der Waals surface area contributed by atoms with Gasteiger partial charge in [0.15, 0.2) is 6.10 Å². The van der Waals surface area contributed by atoms with Crippen LogP contribution < -0.4 is 0 Å². The number of esters is 3. The summed E-state index contributed by atoms with van der Waals surface area (Å²) in [7, 11) is 0. The predicted molar refractivity (Wildman–Crippen MR) is 362 cm³/mol. The van der Waals surface area contributed by atoms with E-state index in [1.165, 1.54) is 96.3 Å². The second-order valence-corrected chi connectivity index (χ2v) is 22.0. The molecule has 0 aromatic rings. The van der Waals surface area contributed by atoms with E-state index in [1.807, 2.05) is 0 Å². The van der Waals surface area contributed by atoms with E-state index < -0.39 is 6.10 Å². The second kappa shape index (κ2) is 69.5. The van der Waals surface area contributed by atoms with Crippen molar-refractivity contribution < 1.29 is 28.6 Å². The summed E-state index contributed by atoms with van der Waals surface area (Å²) in [6.07, 6.45) is 101. The van der Waals surface area contributed by atoms with Crippen LogP contribution in [0.4, 0.5) is 0 Å². The van der Waals surface area contributed by atoms with Crippen LogP contribution in [0.1, 0.15) is 290 Å². The van der Waals surface area contributed by atoms with Gasteiger partial charge in [-0.3, -0.25) is 14.4 Å². The SMILES string of the molecule is CC/C=C\C/C=C\C/C=C\C/C=C\C/C=C\C/C=C\C/C=C\C/C=C\CCCCCCCCC(=O)OCC(COC(=O)CCCCC/C=C\C/C=C\C/C=C\CC)OC(=O)CCCCCCCCCCC/C=C\C/C=C\CCCCCCC. The normalized spacial score (nSPS) is 13.1. The topological polar surface area (TPSA) is 78.9 Å². The van der Waals surface area contributed by atoms with Gasteiger partial charge in [0.25, 0.3) is 0 Å². The molecule has 468 valence electrons. The Kier molecular flexibility index (Phi) is 65.4. The molecule has 1 atom stereocenters. The van der Waals surface area contributed by atoms with Gasteiger partial charge in [0.1, 0.15) is 13.2 Å². The average Bonchev–Trinajstić information content (AvgIpc) is 3.49. The first-order valence-electron chi connectivity index (χ1n) is 34.0. The van der Waals surface area contributed by atoms with Gasteiger partial charge in [-0.15, -0.1) is 0 Å². The molecule has 83 heavy (non-hydrogen) atoms. The molecular weight excluding hydrogens is 1020 g/mol. The minimum absolute atomic E-state index is 0.103. The van der Waals surface area contributed by atoms with Crippen molar-refractivity contribution in [3.63, 3.8) is 0 Å². The van der Waals surface area contributed by atoms with Gasteiger partial charge in [-0.1, -0.05) is 281 Å². The monoisotopic (exact) mass is 1140 g/mol. The third-order valence-electron chi connectivity index (χ3n) is 14.0. The molecule has 0 aliphatic carbocycles. The lowest BCUT2D eigenvalue weighted by Gasteiger charge is -2.18. The van der Waals surface area contributed by atoms with E-state index >= 15 is 0 Å². The van der Waals surface area contributed by atoms with E-state index in [0.717, 1.165) is 154 Å². The Morgan fingerprint density at radius 1 is 0.253 bits per heavy atom. The summed E-state index contributed by atoms with van der Waals surface area (Å²) in [5, 5.41) is 0. The summed E-state index contributed by atoms with van der Waals surface area (Å²) in [5.41, 5.74) is 0. The third-order valence-corrected chi connectivity index (χ3v) is 14.0. The maximum absolute atomic E-state index is 12.9. The zero-order chi connectivity index (χ0) is 59.9. The van der Waals surface area contributed by atoms with Crippen LogP contribution in [0.3, 0.4) is 0 Å². The maximum atomic E-state index is 12.9. The van der Waals surface area contributed by atoms with Crippen LogP contribution in [-0.2, 0) is 28.6 Å². The first-order chi connectivity index (χ1) is 41.0. The van der Waals surface area contributed by atoms with Crippen LogP contribution >= 0.6 is 0 Å². The molecule has 0 aromatic heterocycles. The molecule has 0 fully saturated rings. The fourth-order valence-corrected chi connectivity index (χ4v) is 8.97. The molecule has 0 aromatic carbocycles. The highest BCUT2D eigenvalue weighted by Gasteiger charge is 2.19. The molecule has 0 heterocycles. The summed E-state index contributed by atoms with van der Waals surface area (Å²) in [6, 6.07) is 0. The van der Waals surface area contributed by atoms with Crippen molar-refractivity contribution >= 4 is 17.9 Å². The first kappa shape index (κ1) is 78.0. The highest BCUT2D eigenvalue weighted by atomic mass is 16.6. The highest BCUT2D eigenvalue weighted by Crippen LogP contribution is 2.15. The van der Waals surface area contributed by atoms with Crippen molar-refractivity contribution in [3.05, 3.63) is 158 Å². The van der Waals surface area contributed by atoms with Crippen molar-refractivity contribution in [2.45, 2.75) is 297 Å². The zero-order valence-electron chi connectivity index (χ0n) is 53.7. The molecule has 0 aliphatic rings. The Balaban J connectivity index is 4.38. The van der Waals surface area contributed by atoms with E-state index in [0.29, 0.717) is 19.3 Å². The minimum Gasteiger partial charge on any atom is -0.462 e. The van der Waals surface area contributed by atoms with Gasteiger partial charge in [-0.2, -0.15) is 0 Å². The number of carbonyl (C=O) groups is 3. The molecule has 6 heteroatoms. The number of hydrogen-bond acceptors (Lipinski definition) is 6. The van der Waals surface area contributed by atoms with Crippen LogP contribution in [-0.4, -0.2) is 37.2 Å². The fourth-order valence-electron chi connectivity index (χ4n) is 8.97. The molecule has 6 nitrogen and oxygen atoms in total. The van der Waals surface area contributed by atoms with Crippen LogP contribution in [0.15, 0.2) is 158 Å². The number of allylic oxidation sites excluding steroid dienone is 26. The lowest BCUT2D eigenvalue weighted by Crippen LogP contribution is -2.30. The molecule has 0 bridgehead atoms. The molecule has 0 N–H and O–H groups in total. The van der Waals surface area contributed by atoms with Crippen LogP contribution in [0, 0.1) is 0 Å². The largest absolute Gasteiger partial charge is 0.462 e. The zero-order valence-corrected chi connectivity index (χ0v) is 53.7. The Hall–Kier alpha value is -4.97. The standard InChI is InChI=1S/C77H124O6/c1-4-7-10-13-16-19-22-25-27-29-31-33-34-35-36-37-38-39-40-41-42-44-45-47-49-52-55-58-61-64-67-70-76(79)82-73-74(72-81-75(78)69-66-63-60-57-54-51-24-21-18-15-12-9-6-3)83-77(80)71-68-65-62-59-56-53-50-48-46-43-32-30-28-26-23-20-17-14-11-8-5-2/h7,9-10,12,16,18-19,21,23,25-27,30-33,35-36,38-39,41-42,45,47,51,54,74H,4-6,8,11,13-15,17,20,22,24,28-29,34,37,40,43-44,46,48-50,52-53,55-73H2,1-3H3/b10-7-,12-9-,19-16-,21-18-,26-23-,27-25-,32-30-,33-31-,36-35-,39-38-,42-41-,47-45-,54-51-. The van der Waals surface area contributed by atoms with E-state index in [4.69, 9.17) is 14.2 Å². The molecule has 0 radical (unpaired) electrons. The van der Waals surface area contributed by atoms with Crippen molar-refractivity contribution in [1.82, 2.24) is 0 Å². The number of ether oxygens (including phenoxy) is 3. The van der Waals surface area contributed by atoms with Crippen molar-refractivity contribution in [2.75, 3.05) is 13.2 Å². The van der Waals surface area contributed by atoms with Gasteiger partial charge >= 0.3 is 17.9 Å². The van der Waals surface area contributed by atoms with Crippen LogP contribution in [0.25, 0.3) is 0 Å². The van der Waals surface area contributed by atoms with Gasteiger partial charge in [-0.05, 0) is 148 Å². The second-order valence-electron chi connectivity index (χ2n) is 22.0. The maximum Gasteiger partial charge on any atom is 0.306 e. The van der Waals surface area contributed by atoms with Crippen molar-refractivity contribution in [1.29, 1.82) is 0 Å². The Labute approximate surface area is 511 Å². The summed E-state index contributed by atoms with van der Waals surface area (Å²) < 4.78 is 16.9. The van der Waals surface area contributed by atoms with Gasteiger partial charge in [-0.25, -0.2) is 0 Å². The van der Waals surface area contributed by atoms with Gasteiger partial charge in [0.05, 0.1) is 0 Å². The molecule has 0 aliphatic heterocycles. The summed E-state index contributed by atoms with van der Waals surface area (Å²) >= 11 is 0. The smallest absolute Gasteiger partial charge is 0.306 e. The lowest BCUT2D eigenvalue weighted by molar-refractivity contribution is -0.167. The Morgan fingerprint density at radius 3 is 0.747 bits per heavy atom. The van der Waals surface area contributed by atoms with E-state index in [9.17, 15) is 14.4 Å². The quantitative estimate of drug-likeness (QED) is 0.0261. The number of unbranched alkanes of at least 4 members (excludes halogenated alkanes) is 23. The number of hydrogen-bond donors (Lipinski definition) is 0. The molecule has 0 rings (SSSR count). The highest BCUT2D eigenvalue weighted by molar-refractivity contribution is 5.71. The predicted octanol–water partition coefficient (Wildman–Crippen LogP) is 23.7. The molecule has 0 spiro atoms. The first-order valence-corrected chi connectivity index (χ1v) is 34.0. The third kappa shape index (κ3) is 67.7. The lowest BCUT2D eigenvalue weighted by atomic mass is 10.1. The van der Waals surface area contributed by atoms with Crippen LogP contribution in [0.2, 0.25) is 0 Å². The van der Waals surface area contributed by atoms with Gasteiger partial charge < -0.3 is 14.2 Å². The summed E-state index contributed by atoms with van der Waals surface area (Å²) in [6.45, 7) is 6.37. The van der Waals surface area contributed by atoms with Crippen molar-refractivity contribution in [3.8, 4) is 0 Å². The van der Waals surface area contributed by atoms with Gasteiger partial charge in [0, 0.05) is 19.3 Å². The Morgan fingerprint density at radius 2 is 0.470 bits per heavy atom. The summed E-state index contributed by atoms with van der Waals surface area (Å²) in [5.74, 6) is -0.950. The average molecular weight is 1150 g/mol. The molecule has 0 saturated carbocycles. The minimum atomic E-state index is -0.807. The molecule has 1 unspecified atom stereocenters. The molecule has 0 amide bonds. The number of carbonyl (C=O) groups excluding carboxylic acids is 3. The fraction of sp³-hybridized carbons (Fsp3) is 0.623. The van der Waals surface area contributed by atoms with Crippen LogP contribution in [0.5, 0.6) is 0 Å². The van der Waals surface area contributed by atoms with Crippen molar-refractivity contribution in [2.24, 2.45) is 0 Å². The van der Waals surface area contributed by atoms with E-state index in [2.05, 4.69) is 179 Å². The molecule has 0 saturated heterocycles.